The molecule has 2 aromatic rings. The monoisotopic (exact) mass is 243 g/mol. The van der Waals surface area contributed by atoms with Gasteiger partial charge < -0.3 is 9.72 Å². The van der Waals surface area contributed by atoms with Crippen LogP contribution in [0.2, 0.25) is 0 Å². The second-order valence-electron chi connectivity index (χ2n) is 3.89. The second-order valence-corrected chi connectivity index (χ2v) is 3.89. The van der Waals surface area contributed by atoms with E-state index in [0.29, 0.717) is 11.8 Å². The van der Waals surface area contributed by atoms with Crippen LogP contribution in [0.15, 0.2) is 30.3 Å². The molecule has 1 aromatic carbocycles. The third-order valence-electron chi connectivity index (χ3n) is 2.87. The molecule has 92 valence electrons. The first kappa shape index (κ1) is 12.1. The van der Waals surface area contributed by atoms with Crippen LogP contribution in [-0.4, -0.2) is 24.3 Å². The van der Waals surface area contributed by atoms with E-state index in [0.717, 1.165) is 16.8 Å². The summed E-state index contributed by atoms with van der Waals surface area (Å²) in [6.07, 6.45) is 0.671. The topological polar surface area (TPSA) is 59.2 Å². The van der Waals surface area contributed by atoms with Crippen molar-refractivity contribution in [2.75, 3.05) is 7.11 Å². The zero-order valence-corrected chi connectivity index (χ0v) is 10.2. The first-order valence-electron chi connectivity index (χ1n) is 5.50. The van der Waals surface area contributed by atoms with Crippen molar-refractivity contribution in [3.05, 3.63) is 47.2 Å². The second kappa shape index (κ2) is 4.87. The number of H-pyrrole nitrogens is 1. The molecular formula is C14H13NO3. The average Bonchev–Trinajstić information content (AvgIpc) is 2.75. The van der Waals surface area contributed by atoms with E-state index in [1.165, 1.54) is 7.11 Å². The molecule has 0 bridgehead atoms. The Labute approximate surface area is 105 Å². The fraction of sp³-hybridized carbons (Fsp3) is 0.143. The number of benzene rings is 1. The normalized spacial score (nSPS) is 10.1. The van der Waals surface area contributed by atoms with Crippen LogP contribution in [0.25, 0.3) is 11.3 Å². The van der Waals surface area contributed by atoms with E-state index in [1.807, 2.05) is 30.3 Å². The van der Waals surface area contributed by atoms with Crippen LogP contribution in [0.5, 0.6) is 0 Å². The fourth-order valence-corrected chi connectivity index (χ4v) is 1.91. The first-order chi connectivity index (χ1) is 8.69. The van der Waals surface area contributed by atoms with Crippen LogP contribution >= 0.6 is 0 Å². The number of aromatic amines is 1. The van der Waals surface area contributed by atoms with Gasteiger partial charge in [-0.1, -0.05) is 30.3 Å². The Kier molecular flexibility index (Phi) is 3.28. The summed E-state index contributed by atoms with van der Waals surface area (Å²) in [5.74, 6) is -0.539. The van der Waals surface area contributed by atoms with E-state index in [4.69, 9.17) is 0 Å². The van der Waals surface area contributed by atoms with Crippen molar-refractivity contribution in [3.63, 3.8) is 0 Å². The van der Waals surface area contributed by atoms with E-state index in [-0.39, 0.29) is 5.69 Å². The van der Waals surface area contributed by atoms with Crippen molar-refractivity contribution in [3.8, 4) is 11.3 Å². The van der Waals surface area contributed by atoms with E-state index < -0.39 is 5.97 Å². The van der Waals surface area contributed by atoms with Crippen LogP contribution in [0.1, 0.15) is 26.4 Å². The minimum atomic E-state index is -0.539. The SMILES string of the molecule is COC(=O)c1[nH]c(-c2ccccc2)c(C)c1C=O. The molecule has 0 fully saturated rings. The summed E-state index contributed by atoms with van der Waals surface area (Å²) < 4.78 is 4.65. The molecule has 0 unspecified atom stereocenters. The van der Waals surface area contributed by atoms with Crippen molar-refractivity contribution in [1.82, 2.24) is 4.98 Å². The van der Waals surface area contributed by atoms with E-state index in [1.54, 1.807) is 6.92 Å². The maximum absolute atomic E-state index is 11.6. The summed E-state index contributed by atoms with van der Waals surface area (Å²) in [5.41, 5.74) is 2.98. The van der Waals surface area contributed by atoms with E-state index in [2.05, 4.69) is 9.72 Å². The lowest BCUT2D eigenvalue weighted by molar-refractivity contribution is 0.0592. The van der Waals surface area contributed by atoms with Gasteiger partial charge in [0.05, 0.1) is 12.7 Å². The van der Waals surface area contributed by atoms with Gasteiger partial charge >= 0.3 is 5.97 Å². The lowest BCUT2D eigenvalue weighted by Crippen LogP contribution is -2.04. The van der Waals surface area contributed by atoms with Crippen LogP contribution in [0.3, 0.4) is 0 Å². The molecule has 0 atom stereocenters. The smallest absolute Gasteiger partial charge is 0.355 e. The maximum Gasteiger partial charge on any atom is 0.355 e. The Morgan fingerprint density at radius 3 is 2.50 bits per heavy atom. The molecule has 1 heterocycles. The third-order valence-corrected chi connectivity index (χ3v) is 2.87. The highest BCUT2D eigenvalue weighted by Gasteiger charge is 2.20. The molecule has 4 heteroatoms. The lowest BCUT2D eigenvalue weighted by atomic mass is 10.1. The van der Waals surface area contributed by atoms with Crippen molar-refractivity contribution in [2.24, 2.45) is 0 Å². The minimum absolute atomic E-state index is 0.198. The van der Waals surface area contributed by atoms with Crippen molar-refractivity contribution in [2.45, 2.75) is 6.92 Å². The van der Waals surface area contributed by atoms with Gasteiger partial charge in [0.1, 0.15) is 5.69 Å². The molecular weight excluding hydrogens is 230 g/mol. The lowest BCUT2D eigenvalue weighted by Gasteiger charge is -1.99. The third kappa shape index (κ3) is 1.93. The number of hydrogen-bond acceptors (Lipinski definition) is 3. The Bertz CT molecular complexity index is 585. The predicted molar refractivity (Wildman–Crippen MR) is 67.7 cm³/mol. The molecule has 4 nitrogen and oxygen atoms in total. The number of ether oxygens (including phenoxy) is 1. The number of hydrogen-bond donors (Lipinski definition) is 1. The molecule has 2 rings (SSSR count). The van der Waals surface area contributed by atoms with Gasteiger partial charge in [-0.05, 0) is 18.1 Å². The molecule has 0 saturated carbocycles. The standard InChI is InChI=1S/C14H13NO3/c1-9-11(8-16)13(14(17)18-2)15-12(9)10-6-4-3-5-7-10/h3-8,15H,1-2H3. The van der Waals surface area contributed by atoms with E-state index in [9.17, 15) is 9.59 Å². The van der Waals surface area contributed by atoms with Gasteiger partial charge in [0.25, 0.3) is 0 Å². The van der Waals surface area contributed by atoms with Crippen LogP contribution in [0, 0.1) is 6.92 Å². The largest absolute Gasteiger partial charge is 0.464 e. The maximum atomic E-state index is 11.6. The Hall–Kier alpha value is -2.36. The van der Waals surface area contributed by atoms with Gasteiger partial charge in [-0.3, -0.25) is 4.79 Å². The molecule has 1 N–H and O–H groups in total. The summed E-state index contributed by atoms with van der Waals surface area (Å²) in [6.45, 7) is 1.80. The minimum Gasteiger partial charge on any atom is -0.464 e. The molecule has 0 radical (unpaired) electrons. The van der Waals surface area contributed by atoms with Crippen molar-refractivity contribution < 1.29 is 14.3 Å². The summed E-state index contributed by atoms with van der Waals surface area (Å²) in [4.78, 5) is 25.6. The van der Waals surface area contributed by atoms with Gasteiger partial charge in [0, 0.05) is 5.69 Å². The fourth-order valence-electron chi connectivity index (χ4n) is 1.91. The number of nitrogens with one attached hydrogen (secondary N) is 1. The quantitative estimate of drug-likeness (QED) is 0.665. The van der Waals surface area contributed by atoms with Gasteiger partial charge in [0.2, 0.25) is 0 Å². The highest BCUT2D eigenvalue weighted by atomic mass is 16.5. The first-order valence-corrected chi connectivity index (χ1v) is 5.50. The number of methoxy groups -OCH3 is 1. The van der Waals surface area contributed by atoms with Crippen LogP contribution in [-0.2, 0) is 4.74 Å². The molecule has 0 aliphatic carbocycles. The van der Waals surface area contributed by atoms with Crippen molar-refractivity contribution >= 4 is 12.3 Å². The summed E-state index contributed by atoms with van der Waals surface area (Å²) in [7, 11) is 1.29. The Morgan fingerprint density at radius 1 is 1.28 bits per heavy atom. The number of aldehydes is 1. The zero-order valence-electron chi connectivity index (χ0n) is 10.2. The highest BCUT2D eigenvalue weighted by molar-refractivity contribution is 5.99. The van der Waals surface area contributed by atoms with E-state index >= 15 is 0 Å². The van der Waals surface area contributed by atoms with Gasteiger partial charge in [-0.2, -0.15) is 0 Å². The number of rotatable bonds is 3. The summed E-state index contributed by atoms with van der Waals surface area (Å²) in [6, 6.07) is 9.52. The molecule has 18 heavy (non-hydrogen) atoms. The summed E-state index contributed by atoms with van der Waals surface area (Å²) >= 11 is 0. The van der Waals surface area contributed by atoms with Gasteiger partial charge in [-0.15, -0.1) is 0 Å². The summed E-state index contributed by atoms with van der Waals surface area (Å²) in [5, 5.41) is 0. The zero-order chi connectivity index (χ0) is 13.1. The van der Waals surface area contributed by atoms with Crippen LogP contribution < -0.4 is 0 Å². The van der Waals surface area contributed by atoms with Gasteiger partial charge in [-0.25, -0.2) is 4.79 Å². The average molecular weight is 243 g/mol. The molecule has 1 aromatic heterocycles. The number of aromatic nitrogens is 1. The van der Waals surface area contributed by atoms with Crippen LogP contribution in [0.4, 0.5) is 0 Å². The van der Waals surface area contributed by atoms with Crippen molar-refractivity contribution in [1.29, 1.82) is 0 Å². The number of carbonyl (C=O) groups is 2. The molecule has 0 spiro atoms. The molecule has 0 aliphatic rings. The number of carbonyl (C=O) groups excluding carboxylic acids is 2. The molecule has 0 saturated heterocycles. The Morgan fingerprint density at radius 2 is 1.94 bits per heavy atom. The predicted octanol–water partition coefficient (Wildman–Crippen LogP) is 2.59. The van der Waals surface area contributed by atoms with Gasteiger partial charge in [0.15, 0.2) is 6.29 Å². The number of esters is 1. The molecule has 0 amide bonds. The highest BCUT2D eigenvalue weighted by Crippen LogP contribution is 2.26. The molecule has 0 aliphatic heterocycles. The Balaban J connectivity index is 2.61.